The summed E-state index contributed by atoms with van der Waals surface area (Å²) in [7, 11) is 1.86. The van der Waals surface area contributed by atoms with E-state index in [4.69, 9.17) is 4.74 Å². The third kappa shape index (κ3) is 5.45. The molecule has 1 aliphatic rings. The van der Waals surface area contributed by atoms with Gasteiger partial charge in [0.1, 0.15) is 5.60 Å². The van der Waals surface area contributed by atoms with Gasteiger partial charge >= 0.3 is 6.09 Å². The van der Waals surface area contributed by atoms with Crippen LogP contribution in [0.15, 0.2) is 0 Å². The van der Waals surface area contributed by atoms with Crippen LogP contribution in [0.25, 0.3) is 0 Å². The van der Waals surface area contributed by atoms with Crippen LogP contribution in [-0.4, -0.2) is 69.9 Å². The zero-order valence-electron chi connectivity index (χ0n) is 16.8. The number of nitrogens with one attached hydrogen (secondary N) is 1. The lowest BCUT2D eigenvalue weighted by molar-refractivity contribution is -0.117. The molecule has 0 unspecified atom stereocenters. The van der Waals surface area contributed by atoms with Crippen molar-refractivity contribution < 1.29 is 14.3 Å². The summed E-state index contributed by atoms with van der Waals surface area (Å²) < 4.78 is 7.20. The summed E-state index contributed by atoms with van der Waals surface area (Å²) in [5.74, 6) is -0.0603. The zero-order chi connectivity index (χ0) is 19.5. The van der Waals surface area contributed by atoms with E-state index in [2.05, 4.69) is 15.3 Å². The lowest BCUT2D eigenvalue weighted by atomic mass is 10.2. The summed E-state index contributed by atoms with van der Waals surface area (Å²) in [5.41, 5.74) is 2.03. The molecule has 1 aromatic rings. The zero-order valence-corrected chi connectivity index (χ0v) is 16.8. The third-order valence-corrected chi connectivity index (χ3v) is 4.38. The Morgan fingerprint density at radius 3 is 2.42 bits per heavy atom. The van der Waals surface area contributed by atoms with E-state index in [1.54, 1.807) is 9.58 Å². The Balaban J connectivity index is 1.87. The van der Waals surface area contributed by atoms with E-state index in [0.29, 0.717) is 26.2 Å². The maximum Gasteiger partial charge on any atom is 0.410 e. The maximum atomic E-state index is 12.4. The molecule has 0 spiro atoms. The molecule has 2 rings (SSSR count). The Morgan fingerprint density at radius 2 is 1.85 bits per heavy atom. The van der Waals surface area contributed by atoms with Crippen molar-refractivity contribution in [1.82, 2.24) is 19.6 Å². The number of rotatable bonds is 3. The lowest BCUT2D eigenvalue weighted by Crippen LogP contribution is -2.40. The molecule has 1 saturated heterocycles. The van der Waals surface area contributed by atoms with E-state index in [1.807, 2.05) is 41.7 Å². The van der Waals surface area contributed by atoms with Crippen LogP contribution in [-0.2, 0) is 16.6 Å². The highest BCUT2D eigenvalue weighted by molar-refractivity contribution is 5.93. The number of amides is 2. The van der Waals surface area contributed by atoms with Crippen molar-refractivity contribution in [3.63, 3.8) is 0 Å². The molecule has 0 aromatic carbocycles. The monoisotopic (exact) mass is 365 g/mol. The fourth-order valence-electron chi connectivity index (χ4n) is 2.97. The number of carbonyl (C=O) groups excluding carboxylic acids is 2. The fourth-order valence-corrected chi connectivity index (χ4v) is 2.97. The van der Waals surface area contributed by atoms with Gasteiger partial charge in [0.05, 0.1) is 23.6 Å². The van der Waals surface area contributed by atoms with Crippen LogP contribution in [0.4, 0.5) is 10.5 Å². The molecule has 0 aliphatic carbocycles. The number of aryl methyl sites for hydroxylation is 2. The van der Waals surface area contributed by atoms with E-state index < -0.39 is 5.60 Å². The van der Waals surface area contributed by atoms with Crippen LogP contribution in [0, 0.1) is 13.8 Å². The van der Waals surface area contributed by atoms with Gasteiger partial charge in [-0.25, -0.2) is 4.79 Å². The molecule has 0 bridgehead atoms. The molecular weight excluding hydrogens is 334 g/mol. The van der Waals surface area contributed by atoms with Crippen LogP contribution in [0.2, 0.25) is 0 Å². The van der Waals surface area contributed by atoms with E-state index in [1.165, 1.54) is 0 Å². The van der Waals surface area contributed by atoms with E-state index in [9.17, 15) is 9.59 Å². The van der Waals surface area contributed by atoms with Gasteiger partial charge in [0.25, 0.3) is 0 Å². The first-order valence-corrected chi connectivity index (χ1v) is 9.07. The van der Waals surface area contributed by atoms with Gasteiger partial charge in [-0.15, -0.1) is 0 Å². The molecular formula is C18H31N5O3. The molecule has 8 nitrogen and oxygen atoms in total. The summed E-state index contributed by atoms with van der Waals surface area (Å²) in [6.07, 6.45) is 0.530. The van der Waals surface area contributed by atoms with E-state index in [-0.39, 0.29) is 12.0 Å². The first-order chi connectivity index (χ1) is 12.1. The van der Waals surface area contributed by atoms with Crippen LogP contribution in [0.5, 0.6) is 0 Å². The van der Waals surface area contributed by atoms with Gasteiger partial charge in [-0.2, -0.15) is 5.10 Å². The number of hydrogen-bond donors (Lipinski definition) is 1. The molecule has 1 aromatic heterocycles. The highest BCUT2D eigenvalue weighted by Crippen LogP contribution is 2.18. The quantitative estimate of drug-likeness (QED) is 0.885. The minimum Gasteiger partial charge on any atom is -0.444 e. The molecule has 1 aliphatic heterocycles. The van der Waals surface area contributed by atoms with Crippen molar-refractivity contribution in [2.75, 3.05) is 38.0 Å². The van der Waals surface area contributed by atoms with E-state index >= 15 is 0 Å². The van der Waals surface area contributed by atoms with Crippen LogP contribution >= 0.6 is 0 Å². The predicted octanol–water partition coefficient (Wildman–Crippen LogP) is 1.92. The highest BCUT2D eigenvalue weighted by Gasteiger charge is 2.25. The van der Waals surface area contributed by atoms with Crippen molar-refractivity contribution in [1.29, 1.82) is 0 Å². The van der Waals surface area contributed by atoms with Gasteiger partial charge in [0, 0.05) is 33.2 Å². The SMILES string of the molecule is Cc1nn(C)c(C)c1NC(=O)CN1CCCN(C(=O)OC(C)(C)C)CC1. The Bertz CT molecular complexity index is 663. The largest absolute Gasteiger partial charge is 0.444 e. The molecule has 1 N–H and O–H groups in total. The summed E-state index contributed by atoms with van der Waals surface area (Å²) in [5, 5.41) is 7.28. The molecule has 146 valence electrons. The second kappa shape index (κ2) is 8.07. The predicted molar refractivity (Wildman–Crippen MR) is 100 cm³/mol. The third-order valence-electron chi connectivity index (χ3n) is 4.38. The normalized spacial score (nSPS) is 16.3. The smallest absolute Gasteiger partial charge is 0.410 e. The summed E-state index contributed by atoms with van der Waals surface area (Å²) in [6, 6.07) is 0. The maximum absolute atomic E-state index is 12.4. The Kier molecular flexibility index (Phi) is 6.28. The van der Waals surface area contributed by atoms with Crippen molar-refractivity contribution >= 4 is 17.7 Å². The number of hydrogen-bond acceptors (Lipinski definition) is 5. The summed E-state index contributed by atoms with van der Waals surface area (Å²) >= 11 is 0. The number of nitrogens with zero attached hydrogens (tertiary/aromatic N) is 4. The average Bonchev–Trinajstić information content (AvgIpc) is 2.70. The van der Waals surface area contributed by atoms with Gasteiger partial charge in [-0.05, 0) is 41.0 Å². The van der Waals surface area contributed by atoms with Crippen molar-refractivity contribution in [2.45, 2.75) is 46.6 Å². The van der Waals surface area contributed by atoms with Gasteiger partial charge in [0.2, 0.25) is 5.91 Å². The van der Waals surface area contributed by atoms with Gasteiger partial charge in [-0.1, -0.05) is 0 Å². The molecule has 26 heavy (non-hydrogen) atoms. The first kappa shape index (κ1) is 20.2. The van der Waals surface area contributed by atoms with Gasteiger partial charge in [-0.3, -0.25) is 14.4 Å². The molecule has 0 radical (unpaired) electrons. The summed E-state index contributed by atoms with van der Waals surface area (Å²) in [6.45, 7) is 12.3. The number of carbonyl (C=O) groups is 2. The first-order valence-electron chi connectivity index (χ1n) is 9.07. The molecule has 2 heterocycles. The second-order valence-electron chi connectivity index (χ2n) is 7.81. The minimum atomic E-state index is -0.498. The summed E-state index contributed by atoms with van der Waals surface area (Å²) in [4.78, 5) is 28.4. The second-order valence-corrected chi connectivity index (χ2v) is 7.81. The van der Waals surface area contributed by atoms with Crippen molar-refractivity contribution in [2.24, 2.45) is 7.05 Å². The topological polar surface area (TPSA) is 79.7 Å². The van der Waals surface area contributed by atoms with Gasteiger partial charge in [0.15, 0.2) is 0 Å². The minimum absolute atomic E-state index is 0.0603. The lowest BCUT2D eigenvalue weighted by Gasteiger charge is -2.26. The van der Waals surface area contributed by atoms with E-state index in [0.717, 1.165) is 30.0 Å². The molecule has 1 fully saturated rings. The van der Waals surface area contributed by atoms with Crippen LogP contribution in [0.3, 0.4) is 0 Å². The molecule has 0 saturated carbocycles. The fraction of sp³-hybridized carbons (Fsp3) is 0.722. The molecule has 2 amide bonds. The van der Waals surface area contributed by atoms with Gasteiger partial charge < -0.3 is 15.0 Å². The molecule has 0 atom stereocenters. The number of aromatic nitrogens is 2. The Hall–Kier alpha value is -2.09. The Morgan fingerprint density at radius 1 is 1.15 bits per heavy atom. The highest BCUT2D eigenvalue weighted by atomic mass is 16.6. The standard InChI is InChI=1S/C18H31N5O3/c1-13-16(14(2)21(6)20-13)19-15(24)12-22-8-7-9-23(11-10-22)17(25)26-18(3,4)5/h7-12H2,1-6H3,(H,19,24). The van der Waals surface area contributed by atoms with Crippen molar-refractivity contribution in [3.05, 3.63) is 11.4 Å². The Labute approximate surface area is 155 Å². The van der Waals surface area contributed by atoms with Crippen molar-refractivity contribution in [3.8, 4) is 0 Å². The van der Waals surface area contributed by atoms with Crippen LogP contribution < -0.4 is 5.32 Å². The van der Waals surface area contributed by atoms with Crippen LogP contribution in [0.1, 0.15) is 38.6 Å². The number of anilines is 1. The number of ether oxygens (including phenoxy) is 1. The molecule has 8 heteroatoms. The average molecular weight is 365 g/mol.